The minimum absolute atomic E-state index is 0.208. The van der Waals surface area contributed by atoms with E-state index in [9.17, 15) is 9.59 Å². The van der Waals surface area contributed by atoms with E-state index < -0.39 is 5.97 Å². The van der Waals surface area contributed by atoms with Gasteiger partial charge >= 0.3 is 5.97 Å². The van der Waals surface area contributed by atoms with Gasteiger partial charge in [-0.15, -0.1) is 11.3 Å². The largest absolute Gasteiger partial charge is 0.478 e. The lowest BCUT2D eigenvalue weighted by molar-refractivity contribution is 0.0696. The van der Waals surface area contributed by atoms with Gasteiger partial charge in [-0.05, 0) is 17.7 Å². The van der Waals surface area contributed by atoms with Crippen LogP contribution in [0.3, 0.4) is 0 Å². The fraction of sp³-hybridized carbons (Fsp3) is 0.0833. The number of hydrogen-bond donors (Lipinski definition) is 2. The van der Waals surface area contributed by atoms with E-state index in [4.69, 9.17) is 5.11 Å². The van der Waals surface area contributed by atoms with Gasteiger partial charge in [0, 0.05) is 6.54 Å². The summed E-state index contributed by atoms with van der Waals surface area (Å²) < 4.78 is 0. The second-order valence-electron chi connectivity index (χ2n) is 3.55. The molecule has 1 aromatic carbocycles. The van der Waals surface area contributed by atoms with Crippen molar-refractivity contribution >= 4 is 23.2 Å². The summed E-state index contributed by atoms with van der Waals surface area (Å²) in [5.74, 6) is -1.19. The van der Waals surface area contributed by atoms with Crippen molar-refractivity contribution < 1.29 is 14.7 Å². The Kier molecular flexibility index (Phi) is 3.69. The van der Waals surface area contributed by atoms with Crippen LogP contribution < -0.4 is 5.32 Å². The third-order valence-electron chi connectivity index (χ3n) is 2.28. The average Bonchev–Trinajstić information content (AvgIpc) is 2.90. The summed E-state index contributed by atoms with van der Waals surface area (Å²) in [5, 5.41) is 11.5. The molecular weight excluding hydrogens is 252 g/mol. The summed E-state index contributed by atoms with van der Waals surface area (Å²) in [7, 11) is 0. The smallest absolute Gasteiger partial charge is 0.335 e. The number of hydrogen-bond acceptors (Lipinski definition) is 4. The van der Waals surface area contributed by atoms with Gasteiger partial charge in [-0.3, -0.25) is 9.78 Å². The van der Waals surface area contributed by atoms with E-state index in [1.807, 2.05) is 0 Å². The number of carboxylic acids is 1. The Hall–Kier alpha value is -2.21. The van der Waals surface area contributed by atoms with Crippen molar-refractivity contribution in [2.45, 2.75) is 6.54 Å². The Morgan fingerprint density at radius 1 is 1.39 bits per heavy atom. The van der Waals surface area contributed by atoms with Gasteiger partial charge in [-0.2, -0.15) is 0 Å². The summed E-state index contributed by atoms with van der Waals surface area (Å²) in [4.78, 5) is 26.8. The standard InChI is InChI=1S/C12H10N2O3S/c15-11(10-6-13-7-18-10)14-5-8-2-1-3-9(4-8)12(16)17/h1-4,6-7H,5H2,(H,14,15)(H,16,17). The van der Waals surface area contributed by atoms with Gasteiger partial charge in [-0.25, -0.2) is 4.79 Å². The maximum Gasteiger partial charge on any atom is 0.335 e. The first kappa shape index (κ1) is 12.3. The number of aromatic nitrogens is 1. The molecule has 1 aromatic heterocycles. The number of rotatable bonds is 4. The molecule has 2 rings (SSSR count). The lowest BCUT2D eigenvalue weighted by atomic mass is 10.1. The van der Waals surface area contributed by atoms with Gasteiger partial charge in [0.2, 0.25) is 0 Å². The second kappa shape index (κ2) is 5.42. The zero-order chi connectivity index (χ0) is 13.0. The van der Waals surface area contributed by atoms with E-state index in [0.717, 1.165) is 5.56 Å². The molecule has 0 bridgehead atoms. The third-order valence-corrected chi connectivity index (χ3v) is 3.05. The first-order valence-electron chi connectivity index (χ1n) is 5.16. The predicted molar refractivity (Wildman–Crippen MR) is 66.7 cm³/mol. The molecule has 18 heavy (non-hydrogen) atoms. The van der Waals surface area contributed by atoms with Crippen LogP contribution in [0.25, 0.3) is 0 Å². The molecule has 0 fully saturated rings. The van der Waals surface area contributed by atoms with Crippen LogP contribution >= 0.6 is 11.3 Å². The number of nitrogens with zero attached hydrogens (tertiary/aromatic N) is 1. The van der Waals surface area contributed by atoms with Gasteiger partial charge in [0.25, 0.3) is 5.91 Å². The summed E-state index contributed by atoms with van der Waals surface area (Å²) >= 11 is 1.26. The van der Waals surface area contributed by atoms with Crippen LogP contribution in [-0.2, 0) is 6.54 Å². The van der Waals surface area contributed by atoms with Crippen molar-refractivity contribution in [2.24, 2.45) is 0 Å². The summed E-state index contributed by atoms with van der Waals surface area (Å²) in [6.45, 7) is 0.290. The minimum Gasteiger partial charge on any atom is -0.478 e. The predicted octanol–water partition coefficient (Wildman–Crippen LogP) is 1.77. The van der Waals surface area contributed by atoms with E-state index in [-0.39, 0.29) is 18.0 Å². The molecule has 0 aliphatic heterocycles. The Bertz CT molecular complexity index is 566. The van der Waals surface area contributed by atoms with Crippen LogP contribution in [-0.4, -0.2) is 22.0 Å². The Balaban J connectivity index is 2.00. The molecule has 0 radical (unpaired) electrons. The minimum atomic E-state index is -0.981. The second-order valence-corrected chi connectivity index (χ2v) is 4.44. The summed E-state index contributed by atoms with van der Waals surface area (Å²) in [5.41, 5.74) is 2.53. The molecule has 0 saturated heterocycles. The molecule has 1 heterocycles. The zero-order valence-electron chi connectivity index (χ0n) is 9.29. The fourth-order valence-corrected chi connectivity index (χ4v) is 1.95. The summed E-state index contributed by atoms with van der Waals surface area (Å²) in [6.07, 6.45) is 1.49. The van der Waals surface area contributed by atoms with Gasteiger partial charge in [0.1, 0.15) is 4.88 Å². The van der Waals surface area contributed by atoms with Crippen LogP contribution in [0.15, 0.2) is 36.0 Å². The third kappa shape index (κ3) is 2.92. The molecule has 6 heteroatoms. The fourth-order valence-electron chi connectivity index (χ4n) is 1.41. The Labute approximate surface area is 107 Å². The van der Waals surface area contributed by atoms with Gasteiger partial charge in [0.05, 0.1) is 17.3 Å². The van der Waals surface area contributed by atoms with E-state index in [2.05, 4.69) is 10.3 Å². The molecule has 1 amide bonds. The maximum absolute atomic E-state index is 11.6. The maximum atomic E-state index is 11.6. The van der Waals surface area contributed by atoms with Crippen LogP contribution in [0.4, 0.5) is 0 Å². The van der Waals surface area contributed by atoms with Gasteiger partial charge < -0.3 is 10.4 Å². The van der Waals surface area contributed by atoms with Crippen LogP contribution in [0.1, 0.15) is 25.6 Å². The molecule has 2 N–H and O–H groups in total. The highest BCUT2D eigenvalue weighted by Gasteiger charge is 2.07. The molecule has 5 nitrogen and oxygen atoms in total. The highest BCUT2D eigenvalue weighted by molar-refractivity contribution is 7.11. The highest BCUT2D eigenvalue weighted by Crippen LogP contribution is 2.07. The van der Waals surface area contributed by atoms with Crippen molar-refractivity contribution in [1.29, 1.82) is 0 Å². The average molecular weight is 262 g/mol. The lowest BCUT2D eigenvalue weighted by Gasteiger charge is -2.04. The van der Waals surface area contributed by atoms with Gasteiger partial charge in [0.15, 0.2) is 0 Å². The molecule has 0 aliphatic rings. The number of carbonyl (C=O) groups is 2. The normalized spacial score (nSPS) is 10.0. The summed E-state index contributed by atoms with van der Waals surface area (Å²) in [6, 6.07) is 6.46. The molecule has 0 aliphatic carbocycles. The van der Waals surface area contributed by atoms with E-state index in [1.54, 1.807) is 17.6 Å². The quantitative estimate of drug-likeness (QED) is 0.880. The van der Waals surface area contributed by atoms with Crippen LogP contribution in [0, 0.1) is 0 Å². The first-order chi connectivity index (χ1) is 8.66. The number of carbonyl (C=O) groups excluding carboxylic acids is 1. The van der Waals surface area contributed by atoms with E-state index >= 15 is 0 Å². The molecule has 2 aromatic rings. The lowest BCUT2D eigenvalue weighted by Crippen LogP contribution is -2.21. The Morgan fingerprint density at radius 2 is 2.22 bits per heavy atom. The number of carboxylic acid groups (broad SMARTS) is 1. The number of thiazole rings is 1. The number of aromatic carboxylic acids is 1. The van der Waals surface area contributed by atoms with Crippen molar-refractivity contribution in [3.63, 3.8) is 0 Å². The molecular formula is C12H10N2O3S. The number of nitrogens with one attached hydrogen (secondary N) is 1. The topological polar surface area (TPSA) is 79.3 Å². The zero-order valence-corrected chi connectivity index (χ0v) is 10.1. The monoisotopic (exact) mass is 262 g/mol. The molecule has 0 atom stereocenters. The van der Waals surface area contributed by atoms with E-state index in [1.165, 1.54) is 29.7 Å². The SMILES string of the molecule is O=C(O)c1cccc(CNC(=O)c2cncs2)c1. The molecule has 92 valence electrons. The molecule has 0 unspecified atom stereocenters. The first-order valence-corrected chi connectivity index (χ1v) is 6.03. The molecule has 0 saturated carbocycles. The van der Waals surface area contributed by atoms with Crippen molar-refractivity contribution in [1.82, 2.24) is 10.3 Å². The Morgan fingerprint density at radius 3 is 2.89 bits per heavy atom. The number of benzene rings is 1. The van der Waals surface area contributed by atoms with Crippen molar-refractivity contribution in [3.8, 4) is 0 Å². The van der Waals surface area contributed by atoms with Crippen LogP contribution in [0.5, 0.6) is 0 Å². The van der Waals surface area contributed by atoms with Crippen molar-refractivity contribution in [3.05, 3.63) is 52.0 Å². The van der Waals surface area contributed by atoms with E-state index in [0.29, 0.717) is 4.88 Å². The molecule has 0 spiro atoms. The van der Waals surface area contributed by atoms with Crippen LogP contribution in [0.2, 0.25) is 0 Å². The van der Waals surface area contributed by atoms with Crippen molar-refractivity contribution in [2.75, 3.05) is 0 Å². The number of amides is 1. The van der Waals surface area contributed by atoms with Gasteiger partial charge in [-0.1, -0.05) is 12.1 Å². The highest BCUT2D eigenvalue weighted by atomic mass is 32.1.